The number of nitrogens with zero attached hydrogens (tertiary/aromatic N) is 1. The van der Waals surface area contributed by atoms with Gasteiger partial charge in [0, 0.05) is 16.7 Å². The molecule has 1 nitrogen and oxygen atoms in total. The van der Waals surface area contributed by atoms with Crippen molar-refractivity contribution in [2.24, 2.45) is 0 Å². The maximum absolute atomic E-state index is 2.51. The molecule has 0 heterocycles. The van der Waals surface area contributed by atoms with Gasteiger partial charge in [-0.3, -0.25) is 0 Å². The molecule has 0 saturated carbocycles. The van der Waals surface area contributed by atoms with Crippen LogP contribution in [0.15, 0.2) is 188 Å². The van der Waals surface area contributed by atoms with E-state index in [1.807, 2.05) is 0 Å². The van der Waals surface area contributed by atoms with E-state index in [4.69, 9.17) is 0 Å². The minimum atomic E-state index is -0.0119. The second kappa shape index (κ2) is 14.6. The SMILES string of the molecule is CC(C)(C)c1cc(-c2ccccc2N(c2ccccc2-c2ccccc2)c2ccccc2-c2cccc3cccc(-c4ccccc4)c23)cc(C(C)(C)C)c1. The molecule has 8 rings (SSSR count). The van der Waals surface area contributed by atoms with Crippen molar-refractivity contribution >= 4 is 27.8 Å². The molecule has 0 atom stereocenters. The summed E-state index contributed by atoms with van der Waals surface area (Å²) in [4.78, 5) is 2.51. The molecular weight excluding hydrogens is 663 g/mol. The van der Waals surface area contributed by atoms with Gasteiger partial charge >= 0.3 is 0 Å². The minimum absolute atomic E-state index is 0.0119. The van der Waals surface area contributed by atoms with E-state index in [0.717, 1.165) is 17.1 Å². The van der Waals surface area contributed by atoms with Gasteiger partial charge in [-0.2, -0.15) is 0 Å². The number of hydrogen-bond acceptors (Lipinski definition) is 1. The predicted octanol–water partition coefficient (Wildman–Crippen LogP) is 15.6. The van der Waals surface area contributed by atoms with Crippen LogP contribution in [0.4, 0.5) is 17.1 Å². The Morgan fingerprint density at radius 1 is 0.309 bits per heavy atom. The number of para-hydroxylation sites is 3. The molecule has 0 N–H and O–H groups in total. The zero-order chi connectivity index (χ0) is 38.2. The highest BCUT2D eigenvalue weighted by atomic mass is 15.1. The average Bonchev–Trinajstić information content (AvgIpc) is 3.21. The Labute approximate surface area is 327 Å². The Morgan fingerprint density at radius 3 is 1.20 bits per heavy atom. The highest BCUT2D eigenvalue weighted by Crippen LogP contribution is 2.49. The summed E-state index contributed by atoms with van der Waals surface area (Å²) in [7, 11) is 0. The van der Waals surface area contributed by atoms with Crippen molar-refractivity contribution in [1.82, 2.24) is 0 Å². The zero-order valence-corrected chi connectivity index (χ0v) is 32.8. The molecule has 0 bridgehead atoms. The van der Waals surface area contributed by atoms with E-state index in [1.165, 1.54) is 66.4 Å². The molecular formula is C54H49N. The summed E-state index contributed by atoms with van der Waals surface area (Å²) in [6, 6.07) is 69.0. The highest BCUT2D eigenvalue weighted by Gasteiger charge is 2.26. The molecule has 0 amide bonds. The molecule has 0 radical (unpaired) electrons. The van der Waals surface area contributed by atoms with E-state index in [2.05, 4.69) is 234 Å². The van der Waals surface area contributed by atoms with Gasteiger partial charge in [-0.1, -0.05) is 211 Å². The molecule has 0 saturated heterocycles. The first-order chi connectivity index (χ1) is 26.6. The lowest BCUT2D eigenvalue weighted by Crippen LogP contribution is -2.17. The summed E-state index contributed by atoms with van der Waals surface area (Å²) in [6.45, 7) is 13.9. The van der Waals surface area contributed by atoms with Gasteiger partial charge in [-0.05, 0) is 78.7 Å². The Balaban J connectivity index is 1.45. The number of fused-ring (bicyclic) bond motifs is 1. The molecule has 8 aromatic rings. The second-order valence-corrected chi connectivity index (χ2v) is 16.6. The van der Waals surface area contributed by atoms with Gasteiger partial charge in [0.15, 0.2) is 0 Å². The lowest BCUT2D eigenvalue weighted by molar-refractivity contribution is 0.569. The van der Waals surface area contributed by atoms with Crippen LogP contribution in [0.3, 0.4) is 0 Å². The smallest absolute Gasteiger partial charge is 0.0540 e. The molecule has 8 aromatic carbocycles. The van der Waals surface area contributed by atoms with E-state index in [1.54, 1.807) is 0 Å². The van der Waals surface area contributed by atoms with Crippen LogP contribution >= 0.6 is 0 Å². The zero-order valence-electron chi connectivity index (χ0n) is 32.8. The van der Waals surface area contributed by atoms with Crippen LogP contribution in [0, 0.1) is 0 Å². The standard InChI is InChI=1S/C54H49N/c1-53(2,3)42-35-41(36-43(37-42)54(4,5)6)45-28-14-17-33-50(45)55(49-32-16-13-27-44(49)38-21-9-7-10-22-38)51-34-18-15-29-47(51)48-31-20-26-40-25-19-30-46(52(40)48)39-23-11-8-12-24-39/h7-37H,1-6H3. The Morgan fingerprint density at radius 2 is 0.691 bits per heavy atom. The van der Waals surface area contributed by atoms with E-state index >= 15 is 0 Å². The van der Waals surface area contributed by atoms with Crippen molar-refractivity contribution in [3.05, 3.63) is 199 Å². The number of rotatable bonds is 7. The molecule has 0 aliphatic rings. The van der Waals surface area contributed by atoms with Crippen molar-refractivity contribution in [2.75, 3.05) is 4.90 Å². The highest BCUT2D eigenvalue weighted by molar-refractivity contribution is 6.09. The van der Waals surface area contributed by atoms with Gasteiger partial charge in [0.2, 0.25) is 0 Å². The summed E-state index contributed by atoms with van der Waals surface area (Å²) in [5.41, 5.74) is 15.6. The van der Waals surface area contributed by atoms with Gasteiger partial charge in [-0.25, -0.2) is 0 Å². The first-order valence-electron chi connectivity index (χ1n) is 19.4. The van der Waals surface area contributed by atoms with Gasteiger partial charge in [0.25, 0.3) is 0 Å². The van der Waals surface area contributed by atoms with E-state index < -0.39 is 0 Å². The number of anilines is 3. The van der Waals surface area contributed by atoms with Crippen LogP contribution in [0.5, 0.6) is 0 Å². The number of benzene rings is 8. The predicted molar refractivity (Wildman–Crippen MR) is 238 cm³/mol. The molecule has 0 aromatic heterocycles. The van der Waals surface area contributed by atoms with Crippen molar-refractivity contribution in [2.45, 2.75) is 52.4 Å². The summed E-state index contributed by atoms with van der Waals surface area (Å²) in [5.74, 6) is 0. The fourth-order valence-corrected chi connectivity index (χ4v) is 7.80. The van der Waals surface area contributed by atoms with Crippen molar-refractivity contribution in [3.63, 3.8) is 0 Å². The fourth-order valence-electron chi connectivity index (χ4n) is 7.80. The maximum Gasteiger partial charge on any atom is 0.0540 e. The largest absolute Gasteiger partial charge is 0.309 e. The second-order valence-electron chi connectivity index (χ2n) is 16.6. The fraction of sp³-hybridized carbons (Fsp3) is 0.148. The Bertz CT molecular complexity index is 2560. The molecule has 0 aliphatic heterocycles. The monoisotopic (exact) mass is 711 g/mol. The van der Waals surface area contributed by atoms with E-state index in [9.17, 15) is 0 Å². The topological polar surface area (TPSA) is 3.24 Å². The summed E-state index contributed by atoms with van der Waals surface area (Å²) in [6.07, 6.45) is 0. The van der Waals surface area contributed by atoms with Gasteiger partial charge < -0.3 is 4.90 Å². The number of hydrogen-bond donors (Lipinski definition) is 0. The van der Waals surface area contributed by atoms with Gasteiger partial charge in [0.1, 0.15) is 0 Å². The van der Waals surface area contributed by atoms with Crippen molar-refractivity contribution in [3.8, 4) is 44.5 Å². The molecule has 1 heteroatoms. The van der Waals surface area contributed by atoms with Gasteiger partial charge in [-0.15, -0.1) is 0 Å². The first-order valence-corrected chi connectivity index (χ1v) is 19.4. The van der Waals surface area contributed by atoms with E-state index in [-0.39, 0.29) is 10.8 Å². The summed E-state index contributed by atoms with van der Waals surface area (Å²) in [5, 5.41) is 2.47. The maximum atomic E-state index is 2.51. The Hall–Kier alpha value is -6.18. The molecule has 55 heavy (non-hydrogen) atoms. The van der Waals surface area contributed by atoms with Gasteiger partial charge in [0.05, 0.1) is 17.1 Å². The normalized spacial score (nSPS) is 11.8. The molecule has 0 aliphatic carbocycles. The molecule has 270 valence electrons. The van der Waals surface area contributed by atoms with Crippen LogP contribution in [0.25, 0.3) is 55.3 Å². The van der Waals surface area contributed by atoms with Crippen LogP contribution in [0.1, 0.15) is 52.7 Å². The third kappa shape index (κ3) is 7.11. The summed E-state index contributed by atoms with van der Waals surface area (Å²) >= 11 is 0. The third-order valence-corrected chi connectivity index (χ3v) is 10.8. The molecule has 0 unspecified atom stereocenters. The van der Waals surface area contributed by atoms with Crippen LogP contribution in [0.2, 0.25) is 0 Å². The van der Waals surface area contributed by atoms with Crippen LogP contribution in [-0.2, 0) is 10.8 Å². The lowest BCUT2D eigenvalue weighted by Gasteiger charge is -2.32. The Kier molecular flexibility index (Phi) is 9.49. The minimum Gasteiger partial charge on any atom is -0.309 e. The van der Waals surface area contributed by atoms with Crippen LogP contribution in [-0.4, -0.2) is 0 Å². The van der Waals surface area contributed by atoms with E-state index in [0.29, 0.717) is 0 Å². The average molecular weight is 712 g/mol. The summed E-state index contributed by atoms with van der Waals surface area (Å²) < 4.78 is 0. The molecule has 0 fully saturated rings. The quantitative estimate of drug-likeness (QED) is 0.159. The van der Waals surface area contributed by atoms with Crippen molar-refractivity contribution in [1.29, 1.82) is 0 Å². The molecule has 0 spiro atoms. The van der Waals surface area contributed by atoms with Crippen LogP contribution < -0.4 is 4.90 Å². The lowest BCUT2D eigenvalue weighted by atomic mass is 9.78. The van der Waals surface area contributed by atoms with Crippen molar-refractivity contribution < 1.29 is 0 Å². The third-order valence-electron chi connectivity index (χ3n) is 10.8. The first kappa shape index (κ1) is 35.8.